The zero-order chi connectivity index (χ0) is 19.7. The van der Waals surface area contributed by atoms with Gasteiger partial charge in [0.25, 0.3) is 0 Å². The molecule has 0 aliphatic rings. The fourth-order valence-corrected chi connectivity index (χ4v) is 3.10. The molecule has 27 heavy (non-hydrogen) atoms. The van der Waals surface area contributed by atoms with E-state index in [0.29, 0.717) is 28.2 Å². The molecule has 0 bridgehead atoms. The second-order valence-electron chi connectivity index (χ2n) is 7.27. The Labute approximate surface area is 158 Å². The maximum atomic E-state index is 13.4. The van der Waals surface area contributed by atoms with Crippen LogP contribution in [-0.4, -0.2) is 15.1 Å². The van der Waals surface area contributed by atoms with Gasteiger partial charge in [0.05, 0.1) is 16.6 Å². The third kappa shape index (κ3) is 3.70. The summed E-state index contributed by atoms with van der Waals surface area (Å²) in [7, 11) is 0. The lowest BCUT2D eigenvalue weighted by atomic mass is 9.91. The van der Waals surface area contributed by atoms with Crippen LogP contribution in [0.4, 0.5) is 4.39 Å². The lowest BCUT2D eigenvalue weighted by molar-refractivity contribution is 0.454. The number of imidazole rings is 1. The highest BCUT2D eigenvalue weighted by Crippen LogP contribution is 2.35. The van der Waals surface area contributed by atoms with Crippen molar-refractivity contribution in [1.82, 2.24) is 9.97 Å². The van der Waals surface area contributed by atoms with Gasteiger partial charge in [0.2, 0.25) is 0 Å². The fraction of sp³-hybridized carbons (Fsp3) is 0.273. The van der Waals surface area contributed by atoms with Crippen molar-refractivity contribution in [3.63, 3.8) is 0 Å². The van der Waals surface area contributed by atoms with Gasteiger partial charge in [-0.05, 0) is 64.9 Å². The number of halogens is 1. The molecule has 0 amide bonds. The van der Waals surface area contributed by atoms with Gasteiger partial charge in [-0.2, -0.15) is 5.26 Å². The van der Waals surface area contributed by atoms with Crippen molar-refractivity contribution in [1.29, 1.82) is 5.26 Å². The van der Waals surface area contributed by atoms with E-state index in [1.807, 2.05) is 39.8 Å². The molecule has 0 aliphatic heterocycles. The molecule has 5 heteroatoms. The molecule has 2 aromatic carbocycles. The first-order valence-corrected chi connectivity index (χ1v) is 8.94. The van der Waals surface area contributed by atoms with E-state index in [1.54, 1.807) is 12.1 Å². The summed E-state index contributed by atoms with van der Waals surface area (Å²) in [4.78, 5) is 7.39. The van der Waals surface area contributed by atoms with Crippen LogP contribution in [0.3, 0.4) is 0 Å². The second kappa shape index (κ2) is 7.24. The van der Waals surface area contributed by atoms with Crippen molar-refractivity contribution < 1.29 is 9.50 Å². The van der Waals surface area contributed by atoms with Crippen LogP contribution in [0.1, 0.15) is 62.0 Å². The number of aromatic nitrogens is 2. The smallest absolute Gasteiger partial charge is 0.149 e. The number of aromatic hydroxyl groups is 1. The highest BCUT2D eigenvalue weighted by molar-refractivity contribution is 5.90. The number of phenolic OH excluding ortho intramolecular Hbond substituents is 1. The van der Waals surface area contributed by atoms with E-state index < -0.39 is 0 Å². The van der Waals surface area contributed by atoms with Gasteiger partial charge in [0, 0.05) is 0 Å². The highest BCUT2D eigenvalue weighted by atomic mass is 19.1. The summed E-state index contributed by atoms with van der Waals surface area (Å²) in [6.45, 7) is 8.08. The quantitative estimate of drug-likeness (QED) is 0.582. The SMILES string of the molecule is CC(C)c1cc(/C=C(/C#N)c2nc3ccc(F)cc3[nH]2)cc(C(C)C)c1O. The first kappa shape index (κ1) is 18.7. The van der Waals surface area contributed by atoms with Crippen molar-refractivity contribution in [3.8, 4) is 11.8 Å². The number of H-pyrrole nitrogens is 1. The summed E-state index contributed by atoms with van der Waals surface area (Å²) in [5.41, 5.74) is 4.00. The third-order valence-corrected chi connectivity index (χ3v) is 4.57. The number of aromatic amines is 1. The van der Waals surface area contributed by atoms with Crippen LogP contribution in [0, 0.1) is 17.1 Å². The number of allylic oxidation sites excluding steroid dienone is 1. The Balaban J connectivity index is 2.13. The van der Waals surface area contributed by atoms with Crippen LogP contribution in [0.2, 0.25) is 0 Å². The molecular formula is C22H22FN3O. The van der Waals surface area contributed by atoms with Gasteiger partial charge < -0.3 is 10.1 Å². The average Bonchev–Trinajstić information content (AvgIpc) is 3.02. The standard InChI is InChI=1S/C22H22FN3O/c1-12(2)17-8-14(9-18(13(3)4)21(17)27)7-15(11-24)22-25-19-6-5-16(23)10-20(19)26-22/h5-10,12-13,27H,1-4H3,(H,25,26)/b15-7-. The van der Waals surface area contributed by atoms with Crippen LogP contribution < -0.4 is 0 Å². The Morgan fingerprint density at radius 2 is 1.78 bits per heavy atom. The average molecular weight is 363 g/mol. The predicted octanol–water partition coefficient (Wildman–Crippen LogP) is 5.72. The molecule has 0 fully saturated rings. The molecule has 0 radical (unpaired) electrons. The number of fused-ring (bicyclic) bond motifs is 1. The van der Waals surface area contributed by atoms with Crippen molar-refractivity contribution in [2.75, 3.05) is 0 Å². The largest absolute Gasteiger partial charge is 0.507 e. The number of phenols is 1. The summed E-state index contributed by atoms with van der Waals surface area (Å²) in [6, 6.07) is 10.2. The maximum absolute atomic E-state index is 13.4. The number of nitrogens with zero attached hydrogens (tertiary/aromatic N) is 2. The molecule has 1 aromatic heterocycles. The summed E-state index contributed by atoms with van der Waals surface area (Å²) in [5, 5.41) is 20.2. The van der Waals surface area contributed by atoms with Gasteiger partial charge in [-0.3, -0.25) is 0 Å². The Morgan fingerprint density at radius 1 is 1.15 bits per heavy atom. The van der Waals surface area contributed by atoms with Gasteiger partial charge in [-0.25, -0.2) is 9.37 Å². The number of nitriles is 1. The lowest BCUT2D eigenvalue weighted by Gasteiger charge is -2.16. The Morgan fingerprint density at radius 3 is 2.33 bits per heavy atom. The Hall–Kier alpha value is -3.13. The summed E-state index contributed by atoms with van der Waals surface area (Å²) < 4.78 is 13.4. The Kier molecular flexibility index (Phi) is 5.00. The summed E-state index contributed by atoms with van der Waals surface area (Å²) in [5.74, 6) is 0.645. The zero-order valence-corrected chi connectivity index (χ0v) is 15.8. The molecule has 1 heterocycles. The van der Waals surface area contributed by atoms with Gasteiger partial charge in [-0.1, -0.05) is 27.7 Å². The lowest BCUT2D eigenvalue weighted by Crippen LogP contribution is -1.97. The van der Waals surface area contributed by atoms with Gasteiger partial charge in [0.1, 0.15) is 23.5 Å². The van der Waals surface area contributed by atoms with E-state index in [0.717, 1.165) is 16.7 Å². The van der Waals surface area contributed by atoms with E-state index >= 15 is 0 Å². The van der Waals surface area contributed by atoms with Gasteiger partial charge in [0.15, 0.2) is 0 Å². The van der Waals surface area contributed by atoms with Crippen molar-refractivity contribution >= 4 is 22.7 Å². The number of hydrogen-bond donors (Lipinski definition) is 2. The molecule has 4 nitrogen and oxygen atoms in total. The summed E-state index contributed by atoms with van der Waals surface area (Å²) in [6.07, 6.45) is 1.74. The minimum Gasteiger partial charge on any atom is -0.507 e. The number of nitrogens with one attached hydrogen (secondary N) is 1. The molecule has 0 spiro atoms. The number of rotatable bonds is 4. The third-order valence-electron chi connectivity index (χ3n) is 4.57. The molecule has 138 valence electrons. The molecule has 0 aliphatic carbocycles. The second-order valence-corrected chi connectivity index (χ2v) is 7.27. The normalized spacial score (nSPS) is 12.1. The molecular weight excluding hydrogens is 341 g/mol. The maximum Gasteiger partial charge on any atom is 0.149 e. The van der Waals surface area contributed by atoms with Crippen LogP contribution >= 0.6 is 0 Å². The van der Waals surface area contributed by atoms with Crippen molar-refractivity contribution in [2.24, 2.45) is 0 Å². The van der Waals surface area contributed by atoms with Crippen molar-refractivity contribution in [2.45, 2.75) is 39.5 Å². The minimum atomic E-state index is -0.359. The van der Waals surface area contributed by atoms with Crippen LogP contribution in [0.5, 0.6) is 5.75 Å². The molecule has 0 atom stereocenters. The summed E-state index contributed by atoms with van der Waals surface area (Å²) >= 11 is 0. The van der Waals surface area contributed by atoms with Gasteiger partial charge >= 0.3 is 0 Å². The highest BCUT2D eigenvalue weighted by Gasteiger charge is 2.16. The zero-order valence-electron chi connectivity index (χ0n) is 15.8. The molecule has 0 saturated heterocycles. The van der Waals surface area contributed by atoms with E-state index in [2.05, 4.69) is 16.0 Å². The molecule has 0 unspecified atom stereocenters. The number of hydrogen-bond acceptors (Lipinski definition) is 3. The first-order chi connectivity index (χ1) is 12.8. The predicted molar refractivity (Wildman–Crippen MR) is 106 cm³/mol. The monoisotopic (exact) mass is 363 g/mol. The van der Waals surface area contributed by atoms with E-state index in [1.165, 1.54) is 12.1 Å². The first-order valence-electron chi connectivity index (χ1n) is 8.94. The van der Waals surface area contributed by atoms with Crippen LogP contribution in [0.15, 0.2) is 30.3 Å². The van der Waals surface area contributed by atoms with Gasteiger partial charge in [-0.15, -0.1) is 0 Å². The Bertz CT molecular complexity index is 1040. The van der Waals surface area contributed by atoms with E-state index in [-0.39, 0.29) is 17.7 Å². The molecule has 2 N–H and O–H groups in total. The topological polar surface area (TPSA) is 72.7 Å². The number of benzene rings is 2. The van der Waals surface area contributed by atoms with E-state index in [9.17, 15) is 14.8 Å². The van der Waals surface area contributed by atoms with E-state index in [4.69, 9.17) is 0 Å². The molecule has 0 saturated carbocycles. The van der Waals surface area contributed by atoms with Crippen molar-refractivity contribution in [3.05, 3.63) is 58.7 Å². The minimum absolute atomic E-state index is 0.149. The fourth-order valence-electron chi connectivity index (χ4n) is 3.10. The van der Waals surface area contributed by atoms with Crippen LogP contribution in [0.25, 0.3) is 22.7 Å². The van der Waals surface area contributed by atoms with Crippen LogP contribution in [-0.2, 0) is 0 Å². The molecule has 3 aromatic rings. The molecule has 3 rings (SSSR count).